The third-order valence-corrected chi connectivity index (χ3v) is 5.37. The van der Waals surface area contributed by atoms with Gasteiger partial charge in [-0.15, -0.1) is 0 Å². The van der Waals surface area contributed by atoms with Crippen molar-refractivity contribution >= 4 is 12.0 Å². The summed E-state index contributed by atoms with van der Waals surface area (Å²) in [4.78, 5) is 25.2. The summed E-state index contributed by atoms with van der Waals surface area (Å²) < 4.78 is 12.9. The van der Waals surface area contributed by atoms with Crippen LogP contribution in [0.1, 0.15) is 24.8 Å². The van der Waals surface area contributed by atoms with Crippen LogP contribution in [0.2, 0.25) is 0 Å². The lowest BCUT2D eigenvalue weighted by molar-refractivity contribution is -0.139. The van der Waals surface area contributed by atoms with Gasteiger partial charge in [0.2, 0.25) is 0 Å². The molecule has 1 atom stereocenters. The zero-order valence-electron chi connectivity index (χ0n) is 14.1. The highest BCUT2D eigenvalue weighted by Crippen LogP contribution is 2.39. The minimum atomic E-state index is -0.794. The third-order valence-electron chi connectivity index (χ3n) is 5.37. The van der Waals surface area contributed by atoms with E-state index in [1.165, 1.54) is 12.1 Å². The number of likely N-dealkylation sites (tertiary alicyclic amines) is 1. The van der Waals surface area contributed by atoms with Gasteiger partial charge < -0.3 is 20.6 Å². The minimum absolute atomic E-state index is 0.00789. The van der Waals surface area contributed by atoms with Crippen LogP contribution in [-0.4, -0.2) is 54.2 Å². The van der Waals surface area contributed by atoms with E-state index >= 15 is 0 Å². The molecule has 2 aliphatic heterocycles. The summed E-state index contributed by atoms with van der Waals surface area (Å²) >= 11 is 0. The molecule has 2 aliphatic rings. The number of amides is 2. The second kappa shape index (κ2) is 7.39. The number of nitrogens with zero attached hydrogens (tertiary/aromatic N) is 1. The molecule has 2 fully saturated rings. The number of carbonyl (C=O) groups is 2. The number of piperidine rings is 1. The molecular weight excluding hydrogens is 325 g/mol. The number of hydrogen-bond acceptors (Lipinski definition) is 3. The van der Waals surface area contributed by atoms with Crippen LogP contribution >= 0.6 is 0 Å². The van der Waals surface area contributed by atoms with Gasteiger partial charge in [-0.3, -0.25) is 4.79 Å². The van der Waals surface area contributed by atoms with Gasteiger partial charge in [0.1, 0.15) is 11.9 Å². The van der Waals surface area contributed by atoms with Crippen molar-refractivity contribution in [2.75, 3.05) is 26.2 Å². The van der Waals surface area contributed by atoms with Crippen molar-refractivity contribution in [1.29, 1.82) is 0 Å². The first kappa shape index (κ1) is 17.7. The second-order valence-corrected chi connectivity index (χ2v) is 7.07. The molecule has 0 aliphatic carbocycles. The van der Waals surface area contributed by atoms with E-state index in [9.17, 15) is 14.0 Å². The fourth-order valence-corrected chi connectivity index (χ4v) is 3.73. The predicted molar refractivity (Wildman–Crippen MR) is 90.8 cm³/mol. The van der Waals surface area contributed by atoms with E-state index in [-0.39, 0.29) is 17.3 Å². The maximum absolute atomic E-state index is 12.9. The van der Waals surface area contributed by atoms with Gasteiger partial charge in [0.25, 0.3) is 0 Å². The minimum Gasteiger partial charge on any atom is -0.480 e. The Balaban J connectivity index is 1.41. The molecule has 1 aromatic rings. The summed E-state index contributed by atoms with van der Waals surface area (Å²) in [7, 11) is 0. The highest BCUT2D eigenvalue weighted by Gasteiger charge is 2.44. The molecular formula is C18H24FN3O3. The molecule has 0 bridgehead atoms. The van der Waals surface area contributed by atoms with E-state index < -0.39 is 12.0 Å². The lowest BCUT2D eigenvalue weighted by atomic mass is 9.76. The number of carbonyl (C=O) groups excluding carboxylic acids is 1. The van der Waals surface area contributed by atoms with Crippen molar-refractivity contribution < 1.29 is 19.1 Å². The van der Waals surface area contributed by atoms with Gasteiger partial charge in [0.05, 0.1) is 0 Å². The lowest BCUT2D eigenvalue weighted by Crippen LogP contribution is -2.48. The highest BCUT2D eigenvalue weighted by molar-refractivity contribution is 5.75. The number of urea groups is 1. The highest BCUT2D eigenvalue weighted by atomic mass is 19.1. The van der Waals surface area contributed by atoms with Crippen LogP contribution in [0.25, 0.3) is 0 Å². The SMILES string of the molecule is O=C(O)[C@@H]1CC2(CCN(C(=O)NCCc3ccc(F)cc3)CC2)CN1. The number of carboxylic acids is 1. The molecule has 3 rings (SSSR count). The van der Waals surface area contributed by atoms with Crippen molar-refractivity contribution in [3.05, 3.63) is 35.6 Å². The summed E-state index contributed by atoms with van der Waals surface area (Å²) in [6.45, 7) is 2.52. The average molecular weight is 349 g/mol. The van der Waals surface area contributed by atoms with Gasteiger partial charge in [0.15, 0.2) is 0 Å². The van der Waals surface area contributed by atoms with Gasteiger partial charge in [-0.05, 0) is 48.8 Å². The van der Waals surface area contributed by atoms with Crippen molar-refractivity contribution in [1.82, 2.24) is 15.5 Å². The van der Waals surface area contributed by atoms with Gasteiger partial charge in [0, 0.05) is 26.2 Å². The summed E-state index contributed by atoms with van der Waals surface area (Å²) in [5.41, 5.74) is 0.990. The fraction of sp³-hybridized carbons (Fsp3) is 0.556. The zero-order valence-corrected chi connectivity index (χ0v) is 14.1. The van der Waals surface area contributed by atoms with E-state index in [2.05, 4.69) is 10.6 Å². The summed E-state index contributed by atoms with van der Waals surface area (Å²) in [5, 5.41) is 15.1. The number of hydrogen-bond donors (Lipinski definition) is 3. The molecule has 2 heterocycles. The second-order valence-electron chi connectivity index (χ2n) is 7.07. The predicted octanol–water partition coefficient (Wildman–Crippen LogP) is 1.61. The zero-order chi connectivity index (χ0) is 17.9. The van der Waals surface area contributed by atoms with Crippen molar-refractivity contribution in [2.45, 2.75) is 31.7 Å². The smallest absolute Gasteiger partial charge is 0.320 e. The average Bonchev–Trinajstić information content (AvgIpc) is 3.01. The number of rotatable bonds is 4. The Kier molecular flexibility index (Phi) is 5.22. The monoisotopic (exact) mass is 349 g/mol. The Morgan fingerprint density at radius 3 is 2.56 bits per heavy atom. The third kappa shape index (κ3) is 4.28. The maximum atomic E-state index is 12.9. The first-order chi connectivity index (χ1) is 12.0. The van der Waals surface area contributed by atoms with E-state index in [0.717, 1.165) is 18.4 Å². The van der Waals surface area contributed by atoms with Gasteiger partial charge in [-0.25, -0.2) is 9.18 Å². The molecule has 136 valence electrons. The van der Waals surface area contributed by atoms with Crippen LogP contribution in [0.15, 0.2) is 24.3 Å². The lowest BCUT2D eigenvalue weighted by Gasteiger charge is -2.38. The molecule has 6 nitrogen and oxygen atoms in total. The van der Waals surface area contributed by atoms with E-state index in [0.29, 0.717) is 39.0 Å². The Labute approximate surface area is 146 Å². The van der Waals surface area contributed by atoms with Crippen molar-refractivity contribution in [3.63, 3.8) is 0 Å². The number of benzene rings is 1. The Morgan fingerprint density at radius 1 is 1.28 bits per heavy atom. The summed E-state index contributed by atoms with van der Waals surface area (Å²) in [6.07, 6.45) is 2.96. The molecule has 0 unspecified atom stereocenters. The van der Waals surface area contributed by atoms with Crippen LogP contribution in [0.4, 0.5) is 9.18 Å². The van der Waals surface area contributed by atoms with Crippen LogP contribution < -0.4 is 10.6 Å². The number of aliphatic carboxylic acids is 1. The van der Waals surface area contributed by atoms with Gasteiger partial charge in [-0.2, -0.15) is 0 Å². The van der Waals surface area contributed by atoms with Gasteiger partial charge >= 0.3 is 12.0 Å². The van der Waals surface area contributed by atoms with Crippen molar-refractivity contribution in [2.24, 2.45) is 5.41 Å². The number of halogens is 1. The number of nitrogens with one attached hydrogen (secondary N) is 2. The molecule has 7 heteroatoms. The van der Waals surface area contributed by atoms with E-state index in [1.54, 1.807) is 17.0 Å². The summed E-state index contributed by atoms with van der Waals surface area (Å²) in [6, 6.07) is 5.73. The molecule has 2 saturated heterocycles. The molecule has 0 aromatic heterocycles. The molecule has 2 amide bonds. The van der Waals surface area contributed by atoms with Gasteiger partial charge in [-0.1, -0.05) is 12.1 Å². The normalized spacial score (nSPS) is 22.1. The first-order valence-corrected chi connectivity index (χ1v) is 8.71. The molecule has 0 saturated carbocycles. The standard InChI is InChI=1S/C18H24FN3O3/c19-14-3-1-13(2-4-14)5-8-20-17(25)22-9-6-18(7-10-22)11-15(16(23)24)21-12-18/h1-4,15,21H,5-12H2,(H,20,25)(H,23,24)/t15-/m0/s1. The molecule has 1 spiro atoms. The molecule has 1 aromatic carbocycles. The Morgan fingerprint density at radius 2 is 1.96 bits per heavy atom. The van der Waals surface area contributed by atoms with E-state index in [1.807, 2.05) is 0 Å². The molecule has 3 N–H and O–H groups in total. The topological polar surface area (TPSA) is 81.7 Å². The van der Waals surface area contributed by atoms with Crippen LogP contribution in [0.3, 0.4) is 0 Å². The molecule has 0 radical (unpaired) electrons. The van der Waals surface area contributed by atoms with E-state index in [4.69, 9.17) is 5.11 Å². The fourth-order valence-electron chi connectivity index (χ4n) is 3.73. The first-order valence-electron chi connectivity index (χ1n) is 8.71. The maximum Gasteiger partial charge on any atom is 0.320 e. The largest absolute Gasteiger partial charge is 0.480 e. The quantitative estimate of drug-likeness (QED) is 0.771. The Bertz CT molecular complexity index is 627. The summed E-state index contributed by atoms with van der Waals surface area (Å²) in [5.74, 6) is -1.06. The number of carboxylic acid groups (broad SMARTS) is 1. The molecule has 25 heavy (non-hydrogen) atoms. The van der Waals surface area contributed by atoms with Crippen LogP contribution in [-0.2, 0) is 11.2 Å². The van der Waals surface area contributed by atoms with Crippen LogP contribution in [0, 0.1) is 11.2 Å². The van der Waals surface area contributed by atoms with Crippen molar-refractivity contribution in [3.8, 4) is 0 Å². The Hall–Kier alpha value is -2.15. The van der Waals surface area contributed by atoms with Crippen LogP contribution in [0.5, 0.6) is 0 Å².